The molecular formula is C10H10Te. The van der Waals surface area contributed by atoms with Crippen LogP contribution in [0.15, 0.2) is 28.3 Å². The Morgan fingerprint density at radius 3 is 3.00 bits per heavy atom. The van der Waals surface area contributed by atoms with Gasteiger partial charge in [-0.15, -0.1) is 0 Å². The van der Waals surface area contributed by atoms with Crippen LogP contribution in [0.25, 0.3) is 8.79 Å². The van der Waals surface area contributed by atoms with Gasteiger partial charge in [-0.25, -0.2) is 0 Å². The van der Waals surface area contributed by atoms with Gasteiger partial charge in [0.1, 0.15) is 0 Å². The zero-order valence-electron chi connectivity index (χ0n) is 6.50. The van der Waals surface area contributed by atoms with E-state index in [9.17, 15) is 0 Å². The van der Waals surface area contributed by atoms with Crippen LogP contribution >= 0.6 is 0 Å². The van der Waals surface area contributed by atoms with Crippen molar-refractivity contribution < 1.29 is 0 Å². The predicted octanol–water partition coefficient (Wildman–Crippen LogP) is 2.46. The Labute approximate surface area is 76.5 Å². The van der Waals surface area contributed by atoms with Gasteiger partial charge >= 0.3 is 76.5 Å². The van der Waals surface area contributed by atoms with Gasteiger partial charge in [0.2, 0.25) is 0 Å². The average Bonchev–Trinajstić information content (AvgIpc) is 2.50. The van der Waals surface area contributed by atoms with Crippen molar-refractivity contribution in [3.8, 4) is 0 Å². The average molecular weight is 258 g/mol. The van der Waals surface area contributed by atoms with Crippen molar-refractivity contribution in [1.29, 1.82) is 0 Å². The standard InChI is InChI=1S/C10H10Te/c1-2-8-4-3-5-9-6-7-11-10(8)9/h3-7H,2H2,1H3. The normalized spacial score (nSPS) is 10.6. The van der Waals surface area contributed by atoms with Gasteiger partial charge < -0.3 is 0 Å². The molecule has 0 nitrogen and oxygen atoms in total. The number of hydrogen-bond acceptors (Lipinski definition) is 0. The van der Waals surface area contributed by atoms with Crippen LogP contribution in [0.5, 0.6) is 0 Å². The summed E-state index contributed by atoms with van der Waals surface area (Å²) in [6, 6.07) is 8.93. The van der Waals surface area contributed by atoms with Gasteiger partial charge in [0.15, 0.2) is 0 Å². The number of rotatable bonds is 1. The minimum absolute atomic E-state index is 0.0458. The van der Waals surface area contributed by atoms with Crippen molar-refractivity contribution >= 4 is 29.2 Å². The summed E-state index contributed by atoms with van der Waals surface area (Å²) in [4.78, 5) is 0. The van der Waals surface area contributed by atoms with Crippen LogP contribution in [0, 0.1) is 0 Å². The molecule has 0 spiro atoms. The summed E-state index contributed by atoms with van der Waals surface area (Å²) < 4.78 is 4.04. The molecule has 2 rings (SSSR count). The maximum absolute atomic E-state index is 2.37. The molecule has 2 aromatic rings. The zero-order chi connectivity index (χ0) is 7.68. The van der Waals surface area contributed by atoms with E-state index in [2.05, 4.69) is 35.3 Å². The van der Waals surface area contributed by atoms with Gasteiger partial charge in [-0.2, -0.15) is 0 Å². The SMILES string of the molecule is CCc1cccc2cc[te]c12. The van der Waals surface area contributed by atoms with Crippen LogP contribution in [0.4, 0.5) is 0 Å². The van der Waals surface area contributed by atoms with Crippen LogP contribution in [0.2, 0.25) is 0 Å². The van der Waals surface area contributed by atoms with Crippen molar-refractivity contribution in [2.75, 3.05) is 0 Å². The first kappa shape index (κ1) is 7.40. The molecule has 0 saturated heterocycles. The second kappa shape index (κ2) is 3.01. The van der Waals surface area contributed by atoms with E-state index in [4.69, 9.17) is 0 Å². The Kier molecular flexibility index (Phi) is 2.02. The zero-order valence-corrected chi connectivity index (χ0v) is 8.83. The summed E-state index contributed by atoms with van der Waals surface area (Å²) in [5.41, 5.74) is 1.56. The van der Waals surface area contributed by atoms with Crippen molar-refractivity contribution in [1.82, 2.24) is 0 Å². The van der Waals surface area contributed by atoms with Crippen LogP contribution in [-0.4, -0.2) is 20.4 Å². The Morgan fingerprint density at radius 2 is 2.18 bits per heavy atom. The Bertz CT molecular complexity index is 360. The third-order valence-electron chi connectivity index (χ3n) is 1.94. The first-order valence-electron chi connectivity index (χ1n) is 3.87. The molecule has 0 aliphatic rings. The van der Waals surface area contributed by atoms with Gasteiger partial charge in [0.05, 0.1) is 0 Å². The number of hydrogen-bond donors (Lipinski definition) is 0. The van der Waals surface area contributed by atoms with E-state index in [1.54, 1.807) is 8.97 Å². The number of aryl methyl sites for hydroxylation is 1. The maximum atomic E-state index is 2.37. The fourth-order valence-electron chi connectivity index (χ4n) is 1.33. The van der Waals surface area contributed by atoms with Crippen molar-refractivity contribution in [2.45, 2.75) is 13.3 Å². The molecule has 0 atom stereocenters. The third kappa shape index (κ3) is 1.24. The molecule has 11 heavy (non-hydrogen) atoms. The molecule has 1 aromatic carbocycles. The Morgan fingerprint density at radius 1 is 1.27 bits per heavy atom. The molecule has 56 valence electrons. The van der Waals surface area contributed by atoms with E-state index in [0.29, 0.717) is 0 Å². The van der Waals surface area contributed by atoms with E-state index in [0.717, 1.165) is 0 Å². The third-order valence-corrected chi connectivity index (χ3v) is 4.81. The second-order valence-electron chi connectivity index (χ2n) is 2.61. The Balaban J connectivity index is 2.79. The molecule has 0 fully saturated rings. The van der Waals surface area contributed by atoms with E-state index in [1.165, 1.54) is 11.8 Å². The van der Waals surface area contributed by atoms with Crippen molar-refractivity contribution in [3.63, 3.8) is 0 Å². The second-order valence-corrected chi connectivity index (χ2v) is 5.22. The molecule has 0 aliphatic heterocycles. The van der Waals surface area contributed by atoms with Gasteiger partial charge in [-0.05, 0) is 0 Å². The quantitative estimate of drug-likeness (QED) is 0.689. The van der Waals surface area contributed by atoms with Crippen molar-refractivity contribution in [2.24, 2.45) is 0 Å². The summed E-state index contributed by atoms with van der Waals surface area (Å²) in [5.74, 6) is 0. The number of fused-ring (bicyclic) bond motifs is 1. The van der Waals surface area contributed by atoms with Crippen LogP contribution < -0.4 is 0 Å². The fourth-order valence-corrected chi connectivity index (χ4v) is 4.15. The molecular weight excluding hydrogens is 248 g/mol. The first-order valence-corrected chi connectivity index (χ1v) is 6.38. The minimum atomic E-state index is 0.0458. The van der Waals surface area contributed by atoms with Gasteiger partial charge in [0.25, 0.3) is 0 Å². The molecule has 0 unspecified atom stereocenters. The van der Waals surface area contributed by atoms with Gasteiger partial charge in [-0.1, -0.05) is 0 Å². The number of benzene rings is 1. The summed E-state index contributed by atoms with van der Waals surface area (Å²) in [5, 5.41) is 1.48. The molecule has 0 amide bonds. The van der Waals surface area contributed by atoms with Gasteiger partial charge in [0, 0.05) is 0 Å². The van der Waals surface area contributed by atoms with Crippen LogP contribution in [0.3, 0.4) is 0 Å². The molecule has 1 heterocycles. The fraction of sp³-hybridized carbons (Fsp3) is 0.200. The summed E-state index contributed by atoms with van der Waals surface area (Å²) in [6.45, 7) is 2.24. The monoisotopic (exact) mass is 260 g/mol. The molecule has 0 N–H and O–H groups in total. The van der Waals surface area contributed by atoms with Crippen LogP contribution in [-0.2, 0) is 6.42 Å². The molecule has 1 aromatic heterocycles. The van der Waals surface area contributed by atoms with Crippen LogP contribution in [0.1, 0.15) is 12.5 Å². The van der Waals surface area contributed by atoms with E-state index in [1.807, 2.05) is 0 Å². The topological polar surface area (TPSA) is 0 Å². The van der Waals surface area contributed by atoms with Gasteiger partial charge in [-0.3, -0.25) is 0 Å². The predicted molar refractivity (Wildman–Crippen MR) is 50.3 cm³/mol. The van der Waals surface area contributed by atoms with E-state index < -0.39 is 0 Å². The van der Waals surface area contributed by atoms with E-state index in [-0.39, 0.29) is 20.4 Å². The molecule has 0 bridgehead atoms. The Hall–Kier alpha value is -0.250. The molecule has 0 saturated carbocycles. The molecule has 1 heteroatoms. The first-order chi connectivity index (χ1) is 5.42. The van der Waals surface area contributed by atoms with E-state index >= 15 is 0 Å². The molecule has 0 radical (unpaired) electrons. The summed E-state index contributed by atoms with van der Waals surface area (Å²) >= 11 is 0.0458. The summed E-state index contributed by atoms with van der Waals surface area (Å²) in [7, 11) is 0. The van der Waals surface area contributed by atoms with Crippen molar-refractivity contribution in [3.05, 3.63) is 33.9 Å². The molecule has 0 aliphatic carbocycles. The summed E-state index contributed by atoms with van der Waals surface area (Å²) in [6.07, 6.45) is 1.19.